The molecule has 0 radical (unpaired) electrons. The Morgan fingerprint density at radius 1 is 1.56 bits per heavy atom. The number of likely N-dealkylation sites (N-methyl/N-ethyl adjacent to an activating group) is 1. The van der Waals surface area contributed by atoms with Crippen LogP contribution in [0, 0.1) is 11.3 Å². The van der Waals surface area contributed by atoms with Crippen LogP contribution in [0.1, 0.15) is 12.0 Å². The lowest BCUT2D eigenvalue weighted by atomic mass is 10.1. The lowest BCUT2D eigenvalue weighted by molar-refractivity contribution is 0.414. The largest absolute Gasteiger partial charge is 0.398 e. The Balaban J connectivity index is 2.08. The van der Waals surface area contributed by atoms with E-state index in [4.69, 9.17) is 11.0 Å². The maximum absolute atomic E-state index is 8.88. The van der Waals surface area contributed by atoms with E-state index in [0.29, 0.717) is 17.3 Å². The van der Waals surface area contributed by atoms with Gasteiger partial charge in [-0.25, -0.2) is 0 Å². The van der Waals surface area contributed by atoms with Gasteiger partial charge in [-0.2, -0.15) is 5.26 Å². The topological polar surface area (TPSA) is 65.1 Å². The van der Waals surface area contributed by atoms with Crippen LogP contribution in [0.2, 0.25) is 0 Å². The first-order valence-corrected chi connectivity index (χ1v) is 5.44. The van der Waals surface area contributed by atoms with Gasteiger partial charge < -0.3 is 16.0 Å². The molecule has 4 nitrogen and oxygen atoms in total. The Morgan fingerprint density at radius 3 is 3.00 bits per heavy atom. The van der Waals surface area contributed by atoms with Gasteiger partial charge in [0.05, 0.1) is 5.56 Å². The highest BCUT2D eigenvalue weighted by molar-refractivity contribution is 5.62. The molecule has 1 aromatic carbocycles. The van der Waals surface area contributed by atoms with Crippen molar-refractivity contribution >= 4 is 11.4 Å². The van der Waals surface area contributed by atoms with Crippen molar-refractivity contribution in [3.05, 3.63) is 23.8 Å². The second-order valence-electron chi connectivity index (χ2n) is 4.31. The Hall–Kier alpha value is -1.73. The molecule has 0 bridgehead atoms. The lowest BCUT2D eigenvalue weighted by Crippen LogP contribution is -2.23. The Bertz CT molecular complexity index is 422. The zero-order valence-electron chi connectivity index (χ0n) is 9.40. The van der Waals surface area contributed by atoms with E-state index in [-0.39, 0.29) is 0 Å². The van der Waals surface area contributed by atoms with Crippen molar-refractivity contribution < 1.29 is 0 Å². The molecule has 1 saturated heterocycles. The van der Waals surface area contributed by atoms with Crippen LogP contribution in [0.5, 0.6) is 0 Å². The molecule has 16 heavy (non-hydrogen) atoms. The van der Waals surface area contributed by atoms with Crippen molar-refractivity contribution in [2.75, 3.05) is 31.2 Å². The maximum atomic E-state index is 8.88. The number of hydrogen-bond acceptors (Lipinski definition) is 4. The number of rotatable bonds is 2. The van der Waals surface area contributed by atoms with E-state index >= 15 is 0 Å². The normalized spacial score (nSPS) is 20.6. The van der Waals surface area contributed by atoms with Crippen molar-refractivity contribution in [2.24, 2.45) is 0 Å². The van der Waals surface area contributed by atoms with Crippen molar-refractivity contribution in [3.63, 3.8) is 0 Å². The van der Waals surface area contributed by atoms with Crippen LogP contribution in [0.3, 0.4) is 0 Å². The summed E-state index contributed by atoms with van der Waals surface area (Å²) in [6, 6.07) is 8.08. The van der Waals surface area contributed by atoms with Gasteiger partial charge in [-0.3, -0.25) is 0 Å². The molecule has 1 atom stereocenters. The van der Waals surface area contributed by atoms with Crippen LogP contribution >= 0.6 is 0 Å². The molecule has 2 rings (SSSR count). The second kappa shape index (κ2) is 4.42. The summed E-state index contributed by atoms with van der Waals surface area (Å²) >= 11 is 0. The van der Waals surface area contributed by atoms with Gasteiger partial charge in [0.15, 0.2) is 0 Å². The number of nitriles is 1. The molecule has 1 aliphatic heterocycles. The van der Waals surface area contributed by atoms with E-state index in [9.17, 15) is 0 Å². The quantitative estimate of drug-likeness (QED) is 0.730. The summed E-state index contributed by atoms with van der Waals surface area (Å²) in [6.07, 6.45) is 1.14. The van der Waals surface area contributed by atoms with Crippen molar-refractivity contribution in [1.29, 1.82) is 5.26 Å². The molecular weight excluding hydrogens is 200 g/mol. The third-order valence-corrected chi connectivity index (χ3v) is 2.94. The zero-order chi connectivity index (χ0) is 11.5. The summed E-state index contributed by atoms with van der Waals surface area (Å²) < 4.78 is 0. The fourth-order valence-corrected chi connectivity index (χ4v) is 2.03. The minimum Gasteiger partial charge on any atom is -0.398 e. The molecular formula is C12H16N4. The number of benzene rings is 1. The van der Waals surface area contributed by atoms with E-state index < -0.39 is 0 Å². The van der Waals surface area contributed by atoms with Crippen LogP contribution in [0.4, 0.5) is 11.4 Å². The predicted molar refractivity (Wildman–Crippen MR) is 65.1 cm³/mol. The average Bonchev–Trinajstić information content (AvgIpc) is 2.67. The van der Waals surface area contributed by atoms with Gasteiger partial charge in [0.25, 0.3) is 0 Å². The third kappa shape index (κ3) is 2.26. The molecule has 84 valence electrons. The van der Waals surface area contributed by atoms with Crippen LogP contribution < -0.4 is 11.1 Å². The highest BCUT2D eigenvalue weighted by Crippen LogP contribution is 2.19. The summed E-state index contributed by atoms with van der Waals surface area (Å²) in [6.45, 7) is 2.17. The SMILES string of the molecule is CN1CCC(Nc2ccc(N)c(C#N)c2)C1. The number of nitrogen functional groups attached to an aromatic ring is 1. The Labute approximate surface area is 95.7 Å². The fourth-order valence-electron chi connectivity index (χ4n) is 2.03. The van der Waals surface area contributed by atoms with Gasteiger partial charge in [-0.15, -0.1) is 0 Å². The van der Waals surface area contributed by atoms with Gasteiger partial charge in [-0.05, 0) is 38.2 Å². The highest BCUT2D eigenvalue weighted by Gasteiger charge is 2.18. The monoisotopic (exact) mass is 216 g/mol. The van der Waals surface area contributed by atoms with E-state index in [1.54, 1.807) is 6.07 Å². The molecule has 0 saturated carbocycles. The molecule has 1 heterocycles. The van der Waals surface area contributed by atoms with E-state index in [0.717, 1.165) is 25.2 Å². The number of likely N-dealkylation sites (tertiary alicyclic amines) is 1. The van der Waals surface area contributed by atoms with Crippen molar-refractivity contribution in [3.8, 4) is 6.07 Å². The first-order valence-electron chi connectivity index (χ1n) is 5.44. The number of nitrogens with two attached hydrogens (primary N) is 1. The molecule has 1 fully saturated rings. The molecule has 0 spiro atoms. The van der Waals surface area contributed by atoms with Crippen molar-refractivity contribution in [2.45, 2.75) is 12.5 Å². The standard InChI is InChI=1S/C12H16N4/c1-16-5-4-11(8-16)15-10-2-3-12(14)9(6-10)7-13/h2-3,6,11,15H,4-5,8,14H2,1H3. The molecule has 3 N–H and O–H groups in total. The predicted octanol–water partition coefficient (Wildman–Crippen LogP) is 1.26. The lowest BCUT2D eigenvalue weighted by Gasteiger charge is -2.14. The zero-order valence-corrected chi connectivity index (χ0v) is 9.40. The summed E-state index contributed by atoms with van der Waals surface area (Å²) in [7, 11) is 2.12. The van der Waals surface area contributed by atoms with Gasteiger partial charge in [0.1, 0.15) is 6.07 Å². The summed E-state index contributed by atoms with van der Waals surface area (Å²) in [5, 5.41) is 12.3. The first kappa shape index (κ1) is 10.8. The fraction of sp³-hybridized carbons (Fsp3) is 0.417. The summed E-state index contributed by atoms with van der Waals surface area (Å²) in [5.41, 5.74) is 7.73. The molecule has 0 aromatic heterocycles. The molecule has 1 unspecified atom stereocenters. The minimum atomic E-state index is 0.472. The molecule has 1 aliphatic rings. The van der Waals surface area contributed by atoms with Crippen LogP contribution in [0.15, 0.2) is 18.2 Å². The minimum absolute atomic E-state index is 0.472. The number of hydrogen-bond donors (Lipinski definition) is 2. The van der Waals surface area contributed by atoms with E-state index in [2.05, 4.69) is 23.3 Å². The van der Waals surface area contributed by atoms with Gasteiger partial charge >= 0.3 is 0 Å². The highest BCUT2D eigenvalue weighted by atomic mass is 15.2. The van der Waals surface area contributed by atoms with E-state index in [1.807, 2.05) is 12.1 Å². The molecule has 0 amide bonds. The summed E-state index contributed by atoms with van der Waals surface area (Å²) in [4.78, 5) is 2.29. The Kier molecular flexibility index (Phi) is 2.97. The number of nitrogens with one attached hydrogen (secondary N) is 1. The van der Waals surface area contributed by atoms with Crippen LogP contribution in [-0.4, -0.2) is 31.1 Å². The van der Waals surface area contributed by atoms with Crippen molar-refractivity contribution in [1.82, 2.24) is 4.90 Å². The molecule has 4 heteroatoms. The average molecular weight is 216 g/mol. The number of anilines is 2. The van der Waals surface area contributed by atoms with Gasteiger partial charge in [-0.1, -0.05) is 0 Å². The smallest absolute Gasteiger partial charge is 0.101 e. The van der Waals surface area contributed by atoms with E-state index in [1.165, 1.54) is 0 Å². The Morgan fingerprint density at radius 2 is 2.38 bits per heavy atom. The maximum Gasteiger partial charge on any atom is 0.101 e. The van der Waals surface area contributed by atoms with Crippen LogP contribution in [-0.2, 0) is 0 Å². The first-order chi connectivity index (χ1) is 7.69. The van der Waals surface area contributed by atoms with Crippen LogP contribution in [0.25, 0.3) is 0 Å². The number of nitrogens with zero attached hydrogens (tertiary/aromatic N) is 2. The van der Waals surface area contributed by atoms with Gasteiger partial charge in [0, 0.05) is 24.0 Å². The van der Waals surface area contributed by atoms with Gasteiger partial charge in [0.2, 0.25) is 0 Å². The molecule has 1 aromatic rings. The third-order valence-electron chi connectivity index (χ3n) is 2.94. The molecule has 0 aliphatic carbocycles. The summed E-state index contributed by atoms with van der Waals surface area (Å²) in [5.74, 6) is 0. The second-order valence-corrected chi connectivity index (χ2v) is 4.31.